The van der Waals surface area contributed by atoms with Crippen LogP contribution in [0.5, 0.6) is 0 Å². The van der Waals surface area contributed by atoms with Crippen LogP contribution in [0.25, 0.3) is 0 Å². The van der Waals surface area contributed by atoms with E-state index in [1.54, 1.807) is 0 Å². The third-order valence-corrected chi connectivity index (χ3v) is 8.29. The van der Waals surface area contributed by atoms with Crippen molar-refractivity contribution in [3.8, 4) is 0 Å². The van der Waals surface area contributed by atoms with Gasteiger partial charge < -0.3 is 15.9 Å². The summed E-state index contributed by atoms with van der Waals surface area (Å²) in [6.45, 7) is 7.83. The van der Waals surface area contributed by atoms with Gasteiger partial charge in [0, 0.05) is 0 Å². The zero-order valence-corrected chi connectivity index (χ0v) is 16.0. The average molecular weight is 338 g/mol. The molecule has 8 atom stereocenters. The Hall–Kier alpha value is -0.120. The molecular formula is C21H39NO2. The fraction of sp³-hybridized carbons (Fsp3) is 1.00. The highest BCUT2D eigenvalue weighted by Crippen LogP contribution is 2.62. The quantitative estimate of drug-likeness (QED) is 0.732. The molecule has 24 heavy (non-hydrogen) atoms. The highest BCUT2D eigenvalue weighted by molar-refractivity contribution is 5.05. The first kappa shape index (κ1) is 18.7. The molecule has 3 fully saturated rings. The van der Waals surface area contributed by atoms with Gasteiger partial charge >= 0.3 is 0 Å². The van der Waals surface area contributed by atoms with Gasteiger partial charge in [0.2, 0.25) is 0 Å². The first-order chi connectivity index (χ1) is 11.3. The standard InChI is InChI=1S/C21H39NO2/c1-14(7-9-22)12-20(2)13-15-4-5-16-10-17(23)6-8-21(16,3)18(15)11-19(20)24/h14-19,23-24H,4-13,22H2,1-3H3/t14?,15?,16-,17-,18?,19+,20-,21+/m1/s1. The van der Waals surface area contributed by atoms with Gasteiger partial charge in [0.15, 0.2) is 0 Å². The molecule has 0 aromatic heterocycles. The van der Waals surface area contributed by atoms with Crippen molar-refractivity contribution in [1.82, 2.24) is 0 Å². The van der Waals surface area contributed by atoms with Crippen molar-refractivity contribution in [3.63, 3.8) is 0 Å². The number of aliphatic hydroxyl groups is 2. The van der Waals surface area contributed by atoms with Gasteiger partial charge in [0.05, 0.1) is 12.2 Å². The first-order valence-corrected chi connectivity index (χ1v) is 10.3. The third-order valence-electron chi connectivity index (χ3n) is 8.29. The molecule has 0 aromatic carbocycles. The average Bonchev–Trinajstić information content (AvgIpc) is 2.50. The fourth-order valence-corrected chi connectivity index (χ4v) is 6.86. The van der Waals surface area contributed by atoms with Crippen molar-refractivity contribution in [3.05, 3.63) is 0 Å². The molecule has 3 rings (SSSR count). The maximum atomic E-state index is 11.1. The summed E-state index contributed by atoms with van der Waals surface area (Å²) in [6, 6.07) is 0. The van der Waals surface area contributed by atoms with E-state index in [0.717, 1.165) is 51.0 Å². The van der Waals surface area contributed by atoms with Crippen LogP contribution in [0.3, 0.4) is 0 Å². The predicted octanol–water partition coefficient (Wildman–Crippen LogP) is 3.72. The molecular weight excluding hydrogens is 298 g/mol. The zero-order chi connectivity index (χ0) is 17.5. The molecule has 0 amide bonds. The van der Waals surface area contributed by atoms with E-state index < -0.39 is 0 Å². The number of hydrogen-bond acceptors (Lipinski definition) is 3. The summed E-state index contributed by atoms with van der Waals surface area (Å²) in [7, 11) is 0. The van der Waals surface area contributed by atoms with Crippen LogP contribution in [0, 0.1) is 34.5 Å². The van der Waals surface area contributed by atoms with Gasteiger partial charge in [-0.25, -0.2) is 0 Å². The topological polar surface area (TPSA) is 66.5 Å². The Balaban J connectivity index is 1.73. The summed E-state index contributed by atoms with van der Waals surface area (Å²) in [5.74, 6) is 2.68. The highest BCUT2D eigenvalue weighted by atomic mass is 16.3. The molecule has 3 aliphatic carbocycles. The summed E-state index contributed by atoms with van der Waals surface area (Å²) in [6.07, 6.45) is 9.71. The van der Waals surface area contributed by atoms with Gasteiger partial charge in [0.25, 0.3) is 0 Å². The predicted molar refractivity (Wildman–Crippen MR) is 98.5 cm³/mol. The van der Waals surface area contributed by atoms with Gasteiger partial charge in [-0.1, -0.05) is 20.8 Å². The van der Waals surface area contributed by atoms with E-state index in [9.17, 15) is 10.2 Å². The van der Waals surface area contributed by atoms with Crippen LogP contribution in [0.4, 0.5) is 0 Å². The van der Waals surface area contributed by atoms with Crippen LogP contribution in [0.15, 0.2) is 0 Å². The molecule has 3 aliphatic rings. The number of nitrogens with two attached hydrogens (primary N) is 1. The van der Waals surface area contributed by atoms with E-state index >= 15 is 0 Å². The van der Waals surface area contributed by atoms with Crippen molar-refractivity contribution < 1.29 is 10.2 Å². The van der Waals surface area contributed by atoms with Crippen LogP contribution < -0.4 is 5.73 Å². The van der Waals surface area contributed by atoms with Crippen molar-refractivity contribution >= 4 is 0 Å². The molecule has 0 radical (unpaired) electrons. The zero-order valence-electron chi connectivity index (χ0n) is 16.0. The number of hydrogen-bond donors (Lipinski definition) is 3. The van der Waals surface area contributed by atoms with Gasteiger partial charge in [-0.2, -0.15) is 0 Å². The normalized spacial score (nSPS) is 50.0. The molecule has 0 heterocycles. The second-order valence-electron chi connectivity index (χ2n) is 10.1. The van der Waals surface area contributed by atoms with Gasteiger partial charge in [0.1, 0.15) is 0 Å². The summed E-state index contributed by atoms with van der Waals surface area (Å²) in [5, 5.41) is 21.1. The van der Waals surface area contributed by atoms with Crippen LogP contribution in [0.2, 0.25) is 0 Å². The highest BCUT2D eigenvalue weighted by Gasteiger charge is 2.55. The van der Waals surface area contributed by atoms with Gasteiger partial charge in [-0.05, 0) is 98.8 Å². The number of fused-ring (bicyclic) bond motifs is 3. The van der Waals surface area contributed by atoms with Crippen molar-refractivity contribution in [1.29, 1.82) is 0 Å². The summed E-state index contributed by atoms with van der Waals surface area (Å²) in [4.78, 5) is 0. The Bertz CT molecular complexity index is 442. The molecule has 3 saturated carbocycles. The maximum absolute atomic E-state index is 11.1. The molecule has 0 aromatic rings. The minimum Gasteiger partial charge on any atom is -0.393 e. The van der Waals surface area contributed by atoms with Crippen LogP contribution in [0.1, 0.15) is 78.6 Å². The summed E-state index contributed by atoms with van der Waals surface area (Å²) < 4.78 is 0. The molecule has 0 saturated heterocycles. The van der Waals surface area contributed by atoms with Gasteiger partial charge in [-0.15, -0.1) is 0 Å². The lowest BCUT2D eigenvalue weighted by atomic mass is 9.46. The first-order valence-electron chi connectivity index (χ1n) is 10.3. The molecule has 0 spiro atoms. The Morgan fingerprint density at radius 2 is 1.88 bits per heavy atom. The van der Waals surface area contributed by atoms with E-state index in [-0.39, 0.29) is 17.6 Å². The Morgan fingerprint density at radius 3 is 2.58 bits per heavy atom. The Kier molecular flexibility index (Phi) is 5.36. The minimum absolute atomic E-state index is 0.0626. The van der Waals surface area contributed by atoms with Crippen molar-refractivity contribution in [2.75, 3.05) is 6.54 Å². The second-order valence-corrected chi connectivity index (χ2v) is 10.1. The minimum atomic E-state index is -0.179. The SMILES string of the molecule is CC(CCN)C[C@]1(C)CC2CC[C@@H]3C[C@H](O)CC[C@]3(C)C2C[C@@H]1O. The van der Waals surface area contributed by atoms with E-state index in [0.29, 0.717) is 23.2 Å². The maximum Gasteiger partial charge on any atom is 0.0596 e. The Labute approximate surface area is 148 Å². The molecule has 140 valence electrons. The van der Waals surface area contributed by atoms with E-state index in [1.807, 2.05) is 0 Å². The van der Waals surface area contributed by atoms with Crippen LogP contribution in [-0.2, 0) is 0 Å². The fourth-order valence-electron chi connectivity index (χ4n) is 6.86. The van der Waals surface area contributed by atoms with E-state index in [4.69, 9.17) is 5.73 Å². The lowest BCUT2D eigenvalue weighted by Crippen LogP contribution is -2.54. The molecule has 0 aliphatic heterocycles. The lowest BCUT2D eigenvalue weighted by Gasteiger charge is -2.60. The number of rotatable bonds is 4. The molecule has 3 heteroatoms. The van der Waals surface area contributed by atoms with Crippen molar-refractivity contribution in [2.24, 2.45) is 40.2 Å². The molecule has 3 unspecified atom stereocenters. The summed E-state index contributed by atoms with van der Waals surface area (Å²) >= 11 is 0. The monoisotopic (exact) mass is 337 g/mol. The van der Waals surface area contributed by atoms with Crippen LogP contribution in [-0.4, -0.2) is 29.0 Å². The van der Waals surface area contributed by atoms with E-state index in [2.05, 4.69) is 20.8 Å². The van der Waals surface area contributed by atoms with Crippen LogP contribution >= 0.6 is 0 Å². The largest absolute Gasteiger partial charge is 0.393 e. The molecule has 4 N–H and O–H groups in total. The third kappa shape index (κ3) is 3.29. The van der Waals surface area contributed by atoms with Gasteiger partial charge in [-0.3, -0.25) is 0 Å². The number of aliphatic hydroxyl groups excluding tert-OH is 2. The lowest BCUT2D eigenvalue weighted by molar-refractivity contribution is -0.143. The molecule has 3 nitrogen and oxygen atoms in total. The van der Waals surface area contributed by atoms with E-state index in [1.165, 1.54) is 19.3 Å². The molecule has 0 bridgehead atoms. The Morgan fingerprint density at radius 1 is 1.12 bits per heavy atom. The van der Waals surface area contributed by atoms with Crippen molar-refractivity contribution in [2.45, 2.75) is 90.8 Å². The summed E-state index contributed by atoms with van der Waals surface area (Å²) in [5.41, 5.74) is 6.14. The second kappa shape index (κ2) is 6.89. The smallest absolute Gasteiger partial charge is 0.0596 e.